The van der Waals surface area contributed by atoms with Crippen LogP contribution in [0.5, 0.6) is 0 Å². The van der Waals surface area contributed by atoms with Crippen LogP contribution in [0.3, 0.4) is 0 Å². The number of aryl methyl sites for hydroxylation is 2. The summed E-state index contributed by atoms with van der Waals surface area (Å²) in [6.07, 6.45) is 0.840. The molecule has 0 amide bonds. The molecule has 1 atom stereocenters. The van der Waals surface area contributed by atoms with Gasteiger partial charge in [-0.2, -0.15) is 0 Å². The molecule has 0 aliphatic rings. The highest BCUT2D eigenvalue weighted by Crippen LogP contribution is 2.27. The molecule has 2 aromatic carbocycles. The zero-order valence-electron chi connectivity index (χ0n) is 12.7. The van der Waals surface area contributed by atoms with Crippen molar-refractivity contribution in [2.45, 2.75) is 33.2 Å². The Balaban J connectivity index is 2.32. The molecule has 0 saturated heterocycles. The average molecular weight is 306 g/mol. The molecular weight excluding hydrogens is 285 g/mol. The second-order valence-corrected chi connectivity index (χ2v) is 5.82. The van der Waals surface area contributed by atoms with Gasteiger partial charge in [-0.25, -0.2) is 4.39 Å². The third-order valence-corrected chi connectivity index (χ3v) is 4.04. The van der Waals surface area contributed by atoms with Crippen molar-refractivity contribution < 1.29 is 4.39 Å². The fourth-order valence-electron chi connectivity index (χ4n) is 2.56. The molecule has 2 aromatic rings. The van der Waals surface area contributed by atoms with Crippen LogP contribution < -0.4 is 5.32 Å². The maximum atomic E-state index is 13.2. The first-order valence-electron chi connectivity index (χ1n) is 7.25. The number of hydrogen-bond donors (Lipinski definition) is 1. The normalized spacial score (nSPS) is 12.4. The molecule has 0 fully saturated rings. The second kappa shape index (κ2) is 7.06. The van der Waals surface area contributed by atoms with E-state index in [1.165, 1.54) is 28.8 Å². The lowest BCUT2D eigenvalue weighted by Gasteiger charge is -2.21. The highest BCUT2D eigenvalue weighted by Gasteiger charge is 2.16. The Kier molecular flexibility index (Phi) is 5.38. The molecule has 21 heavy (non-hydrogen) atoms. The smallest absolute Gasteiger partial charge is 0.124 e. The predicted molar refractivity (Wildman–Crippen MR) is 87.4 cm³/mol. The summed E-state index contributed by atoms with van der Waals surface area (Å²) in [7, 11) is 0. The Morgan fingerprint density at radius 3 is 2.57 bits per heavy atom. The molecule has 1 nitrogen and oxygen atoms in total. The molecule has 0 aliphatic heterocycles. The van der Waals surface area contributed by atoms with Crippen molar-refractivity contribution in [3.63, 3.8) is 0 Å². The molecule has 0 heterocycles. The summed E-state index contributed by atoms with van der Waals surface area (Å²) in [6, 6.07) is 11.2. The summed E-state index contributed by atoms with van der Waals surface area (Å²) in [5.74, 6) is -0.300. The molecule has 112 valence electrons. The van der Waals surface area contributed by atoms with Crippen LogP contribution in [0.2, 0.25) is 5.02 Å². The van der Waals surface area contributed by atoms with Gasteiger partial charge in [0.15, 0.2) is 0 Å². The molecule has 0 radical (unpaired) electrons. The van der Waals surface area contributed by atoms with Gasteiger partial charge < -0.3 is 5.32 Å². The number of halogens is 2. The van der Waals surface area contributed by atoms with E-state index < -0.39 is 0 Å². The number of rotatable bonds is 5. The van der Waals surface area contributed by atoms with Crippen molar-refractivity contribution in [2.24, 2.45) is 0 Å². The summed E-state index contributed by atoms with van der Waals surface area (Å²) in [5, 5.41) is 3.93. The number of nitrogens with one attached hydrogen (secondary N) is 1. The van der Waals surface area contributed by atoms with Crippen molar-refractivity contribution in [3.05, 3.63) is 69.5 Å². The topological polar surface area (TPSA) is 12.0 Å². The van der Waals surface area contributed by atoms with E-state index in [-0.39, 0.29) is 11.9 Å². The minimum absolute atomic E-state index is 0.0867. The van der Waals surface area contributed by atoms with E-state index in [9.17, 15) is 4.39 Å². The first-order valence-corrected chi connectivity index (χ1v) is 7.63. The molecule has 1 N–H and O–H groups in total. The van der Waals surface area contributed by atoms with Crippen LogP contribution in [0, 0.1) is 19.7 Å². The summed E-state index contributed by atoms with van der Waals surface area (Å²) in [5.41, 5.74) is 4.75. The fraction of sp³-hybridized carbons (Fsp3) is 0.333. The van der Waals surface area contributed by atoms with E-state index in [0.717, 1.165) is 18.5 Å². The van der Waals surface area contributed by atoms with Crippen molar-refractivity contribution in [1.29, 1.82) is 0 Å². The van der Waals surface area contributed by atoms with Gasteiger partial charge in [-0.1, -0.05) is 48.4 Å². The molecule has 1 unspecified atom stereocenters. The largest absolute Gasteiger partial charge is 0.310 e. The summed E-state index contributed by atoms with van der Waals surface area (Å²) in [6.45, 7) is 7.11. The molecular formula is C18H21ClFN. The third-order valence-electron chi connectivity index (χ3n) is 3.72. The van der Waals surface area contributed by atoms with Crippen LogP contribution in [0.4, 0.5) is 4.39 Å². The van der Waals surface area contributed by atoms with Gasteiger partial charge in [0.05, 0.1) is 0 Å². The molecule has 0 saturated carbocycles. The van der Waals surface area contributed by atoms with E-state index in [2.05, 4.69) is 44.3 Å². The quantitative estimate of drug-likeness (QED) is 0.820. The Labute approximate surface area is 131 Å². The standard InChI is InChI=1S/C18H21ClFN/c1-4-21-18(16-8-7-15(20)11-17(16)19)10-14-9-12(2)5-6-13(14)3/h5-9,11,18,21H,4,10H2,1-3H3. The molecule has 2 rings (SSSR count). The molecule has 0 aromatic heterocycles. The maximum Gasteiger partial charge on any atom is 0.124 e. The highest BCUT2D eigenvalue weighted by atomic mass is 35.5. The van der Waals surface area contributed by atoms with Gasteiger partial charge in [0.1, 0.15) is 5.82 Å². The van der Waals surface area contributed by atoms with Crippen molar-refractivity contribution in [1.82, 2.24) is 5.32 Å². The maximum absolute atomic E-state index is 13.2. The third kappa shape index (κ3) is 4.05. The van der Waals surface area contributed by atoms with Crippen LogP contribution in [-0.4, -0.2) is 6.54 Å². The second-order valence-electron chi connectivity index (χ2n) is 5.41. The molecule has 0 bridgehead atoms. The van der Waals surface area contributed by atoms with Gasteiger partial charge in [-0.15, -0.1) is 0 Å². The van der Waals surface area contributed by atoms with Gasteiger partial charge in [0.2, 0.25) is 0 Å². The SMILES string of the molecule is CCNC(Cc1cc(C)ccc1C)c1ccc(F)cc1Cl. The summed E-state index contributed by atoms with van der Waals surface area (Å²) < 4.78 is 13.2. The Morgan fingerprint density at radius 2 is 1.90 bits per heavy atom. The summed E-state index contributed by atoms with van der Waals surface area (Å²) >= 11 is 6.22. The van der Waals surface area contributed by atoms with E-state index in [4.69, 9.17) is 11.6 Å². The monoisotopic (exact) mass is 305 g/mol. The zero-order valence-corrected chi connectivity index (χ0v) is 13.5. The Morgan fingerprint density at radius 1 is 1.14 bits per heavy atom. The lowest BCUT2D eigenvalue weighted by molar-refractivity contribution is 0.546. The van der Waals surface area contributed by atoms with Crippen LogP contribution in [0.1, 0.15) is 35.2 Å². The van der Waals surface area contributed by atoms with Crippen LogP contribution >= 0.6 is 11.6 Å². The molecule has 0 aliphatic carbocycles. The number of likely N-dealkylation sites (N-methyl/N-ethyl adjacent to an activating group) is 1. The molecule has 0 spiro atoms. The van der Waals surface area contributed by atoms with Crippen molar-refractivity contribution in [3.8, 4) is 0 Å². The van der Waals surface area contributed by atoms with Gasteiger partial charge in [0.25, 0.3) is 0 Å². The van der Waals surface area contributed by atoms with Crippen LogP contribution in [0.25, 0.3) is 0 Å². The minimum atomic E-state index is -0.300. The van der Waals surface area contributed by atoms with E-state index in [1.807, 2.05) is 0 Å². The van der Waals surface area contributed by atoms with Crippen molar-refractivity contribution >= 4 is 11.6 Å². The minimum Gasteiger partial charge on any atom is -0.310 e. The summed E-state index contributed by atoms with van der Waals surface area (Å²) in [4.78, 5) is 0. The van der Waals surface area contributed by atoms with E-state index in [1.54, 1.807) is 6.07 Å². The van der Waals surface area contributed by atoms with Gasteiger partial charge in [-0.05, 0) is 55.6 Å². The van der Waals surface area contributed by atoms with E-state index in [0.29, 0.717) is 5.02 Å². The van der Waals surface area contributed by atoms with Crippen LogP contribution in [0.15, 0.2) is 36.4 Å². The average Bonchev–Trinajstić information content (AvgIpc) is 2.42. The fourth-order valence-corrected chi connectivity index (χ4v) is 2.86. The lowest BCUT2D eigenvalue weighted by Crippen LogP contribution is -2.23. The van der Waals surface area contributed by atoms with Crippen LogP contribution in [-0.2, 0) is 6.42 Å². The van der Waals surface area contributed by atoms with Crippen molar-refractivity contribution in [2.75, 3.05) is 6.54 Å². The number of benzene rings is 2. The predicted octanol–water partition coefficient (Wildman–Crippen LogP) is 4.99. The zero-order chi connectivity index (χ0) is 15.4. The van der Waals surface area contributed by atoms with Gasteiger partial charge in [0, 0.05) is 11.1 Å². The molecule has 3 heteroatoms. The van der Waals surface area contributed by atoms with Gasteiger partial charge >= 0.3 is 0 Å². The Hall–Kier alpha value is -1.38. The first kappa shape index (κ1) is 16.0. The highest BCUT2D eigenvalue weighted by molar-refractivity contribution is 6.31. The first-order chi connectivity index (χ1) is 10.0. The number of hydrogen-bond acceptors (Lipinski definition) is 1. The van der Waals surface area contributed by atoms with Gasteiger partial charge in [-0.3, -0.25) is 0 Å². The lowest BCUT2D eigenvalue weighted by atomic mass is 9.94. The van der Waals surface area contributed by atoms with E-state index >= 15 is 0 Å². The Bertz CT molecular complexity index is 625.